The van der Waals surface area contributed by atoms with Gasteiger partial charge < -0.3 is 10.4 Å². The molecular weight excluding hydrogens is 198 g/mol. The van der Waals surface area contributed by atoms with Crippen molar-refractivity contribution in [3.8, 4) is 0 Å². The highest BCUT2D eigenvalue weighted by Crippen LogP contribution is 2.06. The molecule has 0 aliphatic heterocycles. The molecule has 0 amide bonds. The van der Waals surface area contributed by atoms with Crippen molar-refractivity contribution in [1.82, 2.24) is 5.32 Å². The first-order valence-corrected chi connectivity index (χ1v) is 6.04. The van der Waals surface area contributed by atoms with Gasteiger partial charge in [-0.15, -0.1) is 0 Å². The number of benzene rings is 1. The van der Waals surface area contributed by atoms with Crippen LogP contribution < -0.4 is 5.32 Å². The summed E-state index contributed by atoms with van der Waals surface area (Å²) in [6.45, 7) is 6.73. The molecule has 0 radical (unpaired) electrons. The van der Waals surface area contributed by atoms with Crippen molar-refractivity contribution in [2.75, 3.05) is 6.61 Å². The summed E-state index contributed by atoms with van der Waals surface area (Å²) in [6.07, 6.45) is 0.883. The lowest BCUT2D eigenvalue weighted by molar-refractivity contribution is 0.222. The molecule has 0 bridgehead atoms. The number of nitrogens with one attached hydrogen (secondary N) is 1. The first-order valence-electron chi connectivity index (χ1n) is 6.04. The zero-order chi connectivity index (χ0) is 12.0. The van der Waals surface area contributed by atoms with Crippen molar-refractivity contribution in [3.63, 3.8) is 0 Å². The Hall–Kier alpha value is -0.860. The number of hydrogen-bond acceptors (Lipinski definition) is 2. The van der Waals surface area contributed by atoms with Gasteiger partial charge in [0.1, 0.15) is 0 Å². The summed E-state index contributed by atoms with van der Waals surface area (Å²) in [5, 5.41) is 12.8. The number of rotatable bonds is 6. The summed E-state index contributed by atoms with van der Waals surface area (Å²) < 4.78 is 0. The molecule has 1 rings (SSSR count). The lowest BCUT2D eigenvalue weighted by atomic mass is 10.0. The van der Waals surface area contributed by atoms with Crippen molar-refractivity contribution in [2.45, 2.75) is 39.3 Å². The number of aliphatic hydroxyl groups is 1. The third kappa shape index (κ3) is 4.33. The molecule has 2 nitrogen and oxygen atoms in total. The van der Waals surface area contributed by atoms with Crippen LogP contribution in [-0.4, -0.2) is 23.8 Å². The van der Waals surface area contributed by atoms with Crippen molar-refractivity contribution in [2.24, 2.45) is 5.92 Å². The van der Waals surface area contributed by atoms with Crippen LogP contribution in [0.4, 0.5) is 0 Å². The molecule has 0 aliphatic rings. The molecule has 2 N–H and O–H groups in total. The van der Waals surface area contributed by atoms with E-state index in [4.69, 9.17) is 0 Å². The average Bonchev–Trinajstić information content (AvgIpc) is 2.29. The lowest BCUT2D eigenvalue weighted by Gasteiger charge is -2.24. The number of hydrogen-bond donors (Lipinski definition) is 2. The van der Waals surface area contributed by atoms with Crippen molar-refractivity contribution in [1.29, 1.82) is 0 Å². The van der Waals surface area contributed by atoms with E-state index in [-0.39, 0.29) is 12.6 Å². The van der Waals surface area contributed by atoms with Crippen LogP contribution >= 0.6 is 0 Å². The van der Waals surface area contributed by atoms with Gasteiger partial charge in [-0.25, -0.2) is 0 Å². The molecule has 16 heavy (non-hydrogen) atoms. The van der Waals surface area contributed by atoms with Gasteiger partial charge in [0.15, 0.2) is 0 Å². The van der Waals surface area contributed by atoms with Crippen molar-refractivity contribution in [3.05, 3.63) is 35.9 Å². The smallest absolute Gasteiger partial charge is 0.0587 e. The van der Waals surface area contributed by atoms with Crippen molar-refractivity contribution < 1.29 is 5.11 Å². The van der Waals surface area contributed by atoms with E-state index < -0.39 is 0 Å². The van der Waals surface area contributed by atoms with Crippen molar-refractivity contribution >= 4 is 0 Å². The van der Waals surface area contributed by atoms with Crippen LogP contribution in [0.2, 0.25) is 0 Å². The molecule has 1 aromatic carbocycles. The Morgan fingerprint density at radius 2 is 1.75 bits per heavy atom. The van der Waals surface area contributed by atoms with Crippen LogP contribution in [0.1, 0.15) is 26.3 Å². The van der Waals surface area contributed by atoms with Gasteiger partial charge in [-0.05, 0) is 24.8 Å². The maximum atomic E-state index is 9.36. The minimum atomic E-state index is 0.153. The van der Waals surface area contributed by atoms with Gasteiger partial charge in [-0.3, -0.25) is 0 Å². The maximum Gasteiger partial charge on any atom is 0.0587 e. The quantitative estimate of drug-likeness (QED) is 0.772. The minimum Gasteiger partial charge on any atom is -0.395 e. The Morgan fingerprint density at radius 3 is 2.25 bits per heavy atom. The van der Waals surface area contributed by atoms with Gasteiger partial charge in [-0.2, -0.15) is 0 Å². The third-order valence-corrected chi connectivity index (χ3v) is 3.04. The molecule has 0 saturated heterocycles. The highest BCUT2D eigenvalue weighted by molar-refractivity contribution is 5.15. The summed E-state index contributed by atoms with van der Waals surface area (Å²) in [7, 11) is 0. The third-order valence-electron chi connectivity index (χ3n) is 3.04. The van der Waals surface area contributed by atoms with Gasteiger partial charge in [0, 0.05) is 12.1 Å². The van der Waals surface area contributed by atoms with E-state index >= 15 is 0 Å². The fourth-order valence-electron chi connectivity index (χ4n) is 1.64. The first-order chi connectivity index (χ1) is 7.63. The molecule has 2 unspecified atom stereocenters. The molecule has 1 aromatic rings. The second-order valence-electron chi connectivity index (χ2n) is 4.77. The van der Waals surface area contributed by atoms with E-state index in [9.17, 15) is 5.11 Å². The second-order valence-corrected chi connectivity index (χ2v) is 4.77. The van der Waals surface area contributed by atoms with Crippen LogP contribution in [0, 0.1) is 5.92 Å². The monoisotopic (exact) mass is 221 g/mol. The standard InChI is InChI=1S/C14H23NO/c1-11(2)12(3)15-14(10-16)9-13-7-5-4-6-8-13/h4-8,11-12,14-16H,9-10H2,1-3H3. The largest absolute Gasteiger partial charge is 0.395 e. The Morgan fingerprint density at radius 1 is 1.12 bits per heavy atom. The second kappa shape index (κ2) is 6.66. The molecule has 0 spiro atoms. The van der Waals surface area contributed by atoms with E-state index in [0.29, 0.717) is 12.0 Å². The molecule has 90 valence electrons. The van der Waals surface area contributed by atoms with Crippen LogP contribution in [0.5, 0.6) is 0 Å². The van der Waals surface area contributed by atoms with Crippen LogP contribution in [-0.2, 0) is 6.42 Å². The molecule has 2 heteroatoms. The van der Waals surface area contributed by atoms with Gasteiger partial charge >= 0.3 is 0 Å². The van der Waals surface area contributed by atoms with Crippen LogP contribution in [0.3, 0.4) is 0 Å². The normalized spacial score (nSPS) is 15.1. The van der Waals surface area contributed by atoms with Gasteiger partial charge in [0.05, 0.1) is 6.61 Å². The molecule has 0 fully saturated rings. The van der Waals surface area contributed by atoms with E-state index in [2.05, 4.69) is 38.2 Å². The zero-order valence-electron chi connectivity index (χ0n) is 10.5. The summed E-state index contributed by atoms with van der Waals surface area (Å²) in [4.78, 5) is 0. The zero-order valence-corrected chi connectivity index (χ0v) is 10.5. The fraction of sp³-hybridized carbons (Fsp3) is 0.571. The predicted octanol–water partition coefficient (Wildman–Crippen LogP) is 2.22. The predicted molar refractivity (Wildman–Crippen MR) is 68.5 cm³/mol. The molecule has 0 aliphatic carbocycles. The van der Waals surface area contributed by atoms with Gasteiger partial charge in [0.2, 0.25) is 0 Å². The summed E-state index contributed by atoms with van der Waals surface area (Å²) in [5.74, 6) is 0.588. The SMILES string of the molecule is CC(C)C(C)NC(CO)Cc1ccccc1. The van der Waals surface area contributed by atoms with E-state index in [1.807, 2.05) is 18.2 Å². The average molecular weight is 221 g/mol. The van der Waals surface area contributed by atoms with E-state index in [0.717, 1.165) is 6.42 Å². The van der Waals surface area contributed by atoms with Crippen LogP contribution in [0.15, 0.2) is 30.3 Å². The molecular formula is C14H23NO. The maximum absolute atomic E-state index is 9.36. The number of aliphatic hydroxyl groups excluding tert-OH is 1. The summed E-state index contributed by atoms with van der Waals surface area (Å²) in [6, 6.07) is 10.9. The molecule has 0 saturated carbocycles. The van der Waals surface area contributed by atoms with Gasteiger partial charge in [0.25, 0.3) is 0 Å². The fourth-order valence-corrected chi connectivity index (χ4v) is 1.64. The Balaban J connectivity index is 2.49. The molecule has 2 atom stereocenters. The minimum absolute atomic E-state index is 0.153. The first kappa shape index (κ1) is 13.2. The lowest BCUT2D eigenvalue weighted by Crippen LogP contribution is -2.42. The topological polar surface area (TPSA) is 32.3 Å². The Kier molecular flexibility index (Phi) is 5.50. The van der Waals surface area contributed by atoms with E-state index in [1.165, 1.54) is 5.56 Å². The Bertz CT molecular complexity index is 284. The summed E-state index contributed by atoms with van der Waals surface area (Å²) >= 11 is 0. The van der Waals surface area contributed by atoms with Gasteiger partial charge in [-0.1, -0.05) is 44.2 Å². The molecule has 0 heterocycles. The summed E-state index contributed by atoms with van der Waals surface area (Å²) in [5.41, 5.74) is 1.27. The molecule has 0 aromatic heterocycles. The highest BCUT2D eigenvalue weighted by Gasteiger charge is 2.13. The van der Waals surface area contributed by atoms with E-state index in [1.54, 1.807) is 0 Å². The van der Waals surface area contributed by atoms with Crippen LogP contribution in [0.25, 0.3) is 0 Å². The Labute approximate surface area is 98.7 Å². The highest BCUT2D eigenvalue weighted by atomic mass is 16.3.